The lowest BCUT2D eigenvalue weighted by Crippen LogP contribution is -2.52. The van der Waals surface area contributed by atoms with Crippen LogP contribution in [0, 0.1) is 0 Å². The van der Waals surface area contributed by atoms with Crippen molar-refractivity contribution in [2.45, 2.75) is 148 Å². The zero-order chi connectivity index (χ0) is 27.7. The highest BCUT2D eigenvalue weighted by molar-refractivity contribution is 6.06. The Morgan fingerprint density at radius 3 is 1.85 bits per heavy atom. The maximum absolute atomic E-state index is 13.0. The molecule has 1 saturated heterocycles. The fraction of sp³-hybridized carbons (Fsp3) is 0.727. The predicted molar refractivity (Wildman–Crippen MR) is 160 cm³/mol. The van der Waals surface area contributed by atoms with Gasteiger partial charge in [-0.25, -0.2) is 0 Å². The van der Waals surface area contributed by atoms with Gasteiger partial charge in [-0.2, -0.15) is 0 Å². The summed E-state index contributed by atoms with van der Waals surface area (Å²) in [6.45, 7) is 3.59. The first-order chi connectivity index (χ1) is 19.1. The van der Waals surface area contributed by atoms with Crippen molar-refractivity contribution in [3.63, 3.8) is 0 Å². The molecule has 6 nitrogen and oxygen atoms in total. The minimum absolute atomic E-state index is 0.115. The molecule has 2 N–H and O–H groups in total. The van der Waals surface area contributed by atoms with Gasteiger partial charge in [-0.15, -0.1) is 0 Å². The van der Waals surface area contributed by atoms with Crippen molar-refractivity contribution < 1.29 is 14.4 Å². The van der Waals surface area contributed by atoms with E-state index in [4.69, 9.17) is 0 Å². The SMILES string of the molecule is CCCCCCCCCCCCCCCCCCCCNc1cccc2c1CN(C1CCC(=O)NC1=O)C2=O. The van der Waals surface area contributed by atoms with Gasteiger partial charge < -0.3 is 10.2 Å². The number of fused-ring (bicyclic) bond motifs is 1. The summed E-state index contributed by atoms with van der Waals surface area (Å²) in [4.78, 5) is 38.4. The molecule has 2 aliphatic heterocycles. The number of imide groups is 1. The van der Waals surface area contributed by atoms with Crippen LogP contribution in [0.15, 0.2) is 18.2 Å². The topological polar surface area (TPSA) is 78.5 Å². The molecular formula is C33H53N3O3. The van der Waals surface area contributed by atoms with E-state index in [1.165, 1.54) is 109 Å². The fourth-order valence-corrected chi connectivity index (χ4v) is 6.00. The van der Waals surface area contributed by atoms with Crippen molar-refractivity contribution in [2.24, 2.45) is 0 Å². The maximum Gasteiger partial charge on any atom is 0.255 e. The molecule has 0 radical (unpaired) electrons. The molecule has 0 saturated carbocycles. The van der Waals surface area contributed by atoms with Crippen LogP contribution in [-0.4, -0.2) is 35.2 Å². The highest BCUT2D eigenvalue weighted by atomic mass is 16.2. The third-order valence-electron chi connectivity index (χ3n) is 8.43. The average molecular weight is 540 g/mol. The Kier molecular flexibility index (Phi) is 14.4. The minimum Gasteiger partial charge on any atom is -0.385 e. The van der Waals surface area contributed by atoms with Crippen LogP contribution in [0.2, 0.25) is 0 Å². The summed E-state index contributed by atoms with van der Waals surface area (Å²) in [6, 6.07) is 5.20. The molecule has 1 unspecified atom stereocenters. The second-order valence-corrected chi connectivity index (χ2v) is 11.7. The van der Waals surface area contributed by atoms with E-state index in [9.17, 15) is 14.4 Å². The van der Waals surface area contributed by atoms with E-state index in [1.54, 1.807) is 4.90 Å². The fourth-order valence-electron chi connectivity index (χ4n) is 6.00. The number of nitrogens with zero attached hydrogens (tertiary/aromatic N) is 1. The molecule has 1 atom stereocenters. The van der Waals surface area contributed by atoms with E-state index in [2.05, 4.69) is 17.6 Å². The largest absolute Gasteiger partial charge is 0.385 e. The number of hydrogen-bond acceptors (Lipinski definition) is 4. The Morgan fingerprint density at radius 2 is 1.31 bits per heavy atom. The van der Waals surface area contributed by atoms with Gasteiger partial charge in [-0.3, -0.25) is 19.7 Å². The van der Waals surface area contributed by atoms with Crippen LogP contribution in [0.5, 0.6) is 0 Å². The number of hydrogen-bond donors (Lipinski definition) is 2. The molecule has 0 aromatic heterocycles. The summed E-state index contributed by atoms with van der Waals surface area (Å²) in [5, 5.41) is 5.90. The van der Waals surface area contributed by atoms with Crippen molar-refractivity contribution in [3.05, 3.63) is 29.3 Å². The number of rotatable bonds is 21. The van der Waals surface area contributed by atoms with Gasteiger partial charge in [0.2, 0.25) is 11.8 Å². The van der Waals surface area contributed by atoms with Crippen LogP contribution in [0.1, 0.15) is 151 Å². The Morgan fingerprint density at radius 1 is 0.769 bits per heavy atom. The Hall–Kier alpha value is -2.37. The highest BCUT2D eigenvalue weighted by Gasteiger charge is 2.39. The predicted octanol–water partition coefficient (Wildman–Crippen LogP) is 7.90. The summed E-state index contributed by atoms with van der Waals surface area (Å²) in [5.74, 6) is -0.732. The van der Waals surface area contributed by atoms with E-state index in [-0.39, 0.29) is 24.1 Å². The maximum atomic E-state index is 13.0. The van der Waals surface area contributed by atoms with E-state index >= 15 is 0 Å². The lowest BCUT2D eigenvalue weighted by Gasteiger charge is -2.29. The number of piperidine rings is 1. The molecule has 1 fully saturated rings. The molecule has 2 heterocycles. The van der Waals surface area contributed by atoms with E-state index in [0.29, 0.717) is 18.5 Å². The molecule has 3 amide bonds. The van der Waals surface area contributed by atoms with Gasteiger partial charge in [0.05, 0.1) is 0 Å². The van der Waals surface area contributed by atoms with Crippen LogP contribution in [-0.2, 0) is 16.1 Å². The van der Waals surface area contributed by atoms with Crippen LogP contribution in [0.3, 0.4) is 0 Å². The third kappa shape index (κ3) is 10.6. The minimum atomic E-state index is -0.564. The van der Waals surface area contributed by atoms with Gasteiger partial charge >= 0.3 is 0 Å². The number of anilines is 1. The summed E-state index contributed by atoms with van der Waals surface area (Å²) >= 11 is 0. The summed E-state index contributed by atoms with van der Waals surface area (Å²) < 4.78 is 0. The van der Waals surface area contributed by atoms with Crippen molar-refractivity contribution in [2.75, 3.05) is 11.9 Å². The smallest absolute Gasteiger partial charge is 0.255 e. The second kappa shape index (κ2) is 18.1. The quantitative estimate of drug-likeness (QED) is 0.123. The van der Waals surface area contributed by atoms with E-state index in [1.807, 2.05) is 18.2 Å². The van der Waals surface area contributed by atoms with Crippen molar-refractivity contribution in [1.82, 2.24) is 10.2 Å². The molecule has 218 valence electrons. The van der Waals surface area contributed by atoms with Crippen molar-refractivity contribution >= 4 is 23.4 Å². The summed E-state index contributed by atoms with van der Waals surface area (Å²) in [6.07, 6.45) is 25.4. The number of benzene rings is 1. The number of nitrogens with one attached hydrogen (secondary N) is 2. The molecule has 0 spiro atoms. The average Bonchev–Trinajstić information content (AvgIpc) is 3.26. The monoisotopic (exact) mass is 539 g/mol. The van der Waals surface area contributed by atoms with Crippen LogP contribution < -0.4 is 10.6 Å². The number of carbonyl (C=O) groups is 3. The first kappa shape index (κ1) is 31.2. The van der Waals surface area contributed by atoms with Gasteiger partial charge in [0, 0.05) is 36.3 Å². The molecule has 2 aliphatic rings. The molecule has 6 heteroatoms. The van der Waals surface area contributed by atoms with Gasteiger partial charge in [-0.05, 0) is 25.0 Å². The normalized spacial score (nSPS) is 17.0. The first-order valence-corrected chi connectivity index (χ1v) is 16.1. The number of unbranched alkanes of at least 4 members (excludes halogenated alkanes) is 17. The summed E-state index contributed by atoms with van der Waals surface area (Å²) in [5.41, 5.74) is 2.62. The molecule has 1 aromatic carbocycles. The Bertz CT molecular complexity index is 900. The number of amides is 3. The molecule has 39 heavy (non-hydrogen) atoms. The Labute approximate surface area is 237 Å². The van der Waals surface area contributed by atoms with E-state index < -0.39 is 6.04 Å². The lowest BCUT2D eigenvalue weighted by atomic mass is 10.0. The van der Waals surface area contributed by atoms with Gasteiger partial charge in [0.1, 0.15) is 6.04 Å². The number of carbonyl (C=O) groups excluding carboxylic acids is 3. The summed E-state index contributed by atoms with van der Waals surface area (Å²) in [7, 11) is 0. The van der Waals surface area contributed by atoms with Crippen LogP contribution in [0.25, 0.3) is 0 Å². The highest BCUT2D eigenvalue weighted by Crippen LogP contribution is 2.32. The van der Waals surface area contributed by atoms with E-state index in [0.717, 1.165) is 24.2 Å². The zero-order valence-electron chi connectivity index (χ0n) is 24.5. The Balaban J connectivity index is 1.18. The third-order valence-corrected chi connectivity index (χ3v) is 8.43. The second-order valence-electron chi connectivity index (χ2n) is 11.7. The van der Waals surface area contributed by atoms with Gasteiger partial charge in [0.15, 0.2) is 0 Å². The van der Waals surface area contributed by atoms with Crippen LogP contribution >= 0.6 is 0 Å². The standard InChI is InChI=1S/C33H53N3O3/c1-2-3-4-5-6-7-8-9-10-11-12-13-14-15-16-17-18-19-25-34-29-22-20-21-27-28(29)26-36(33(27)39)30-23-24-31(37)35-32(30)38/h20-22,30,34H,2-19,23-26H2,1H3,(H,35,37,38). The molecule has 1 aromatic rings. The molecular weight excluding hydrogens is 486 g/mol. The van der Waals surface area contributed by atoms with Gasteiger partial charge in [0.25, 0.3) is 5.91 Å². The van der Waals surface area contributed by atoms with Crippen molar-refractivity contribution in [3.8, 4) is 0 Å². The zero-order valence-corrected chi connectivity index (χ0v) is 24.5. The molecule has 0 bridgehead atoms. The molecule has 3 rings (SSSR count). The van der Waals surface area contributed by atoms with Crippen molar-refractivity contribution in [1.29, 1.82) is 0 Å². The molecule has 0 aliphatic carbocycles. The van der Waals surface area contributed by atoms with Gasteiger partial charge in [-0.1, -0.05) is 122 Å². The lowest BCUT2D eigenvalue weighted by molar-refractivity contribution is -0.136. The van der Waals surface area contributed by atoms with Crippen LogP contribution in [0.4, 0.5) is 5.69 Å². The first-order valence-electron chi connectivity index (χ1n) is 16.1.